The van der Waals surface area contributed by atoms with Crippen molar-refractivity contribution in [1.82, 2.24) is 10.2 Å². The van der Waals surface area contributed by atoms with Gasteiger partial charge in [0.2, 0.25) is 0 Å². The average molecular weight is 318 g/mol. The summed E-state index contributed by atoms with van der Waals surface area (Å²) in [6.07, 6.45) is 2.17. The lowest BCUT2D eigenvalue weighted by Gasteiger charge is -2.36. The Balaban J connectivity index is 1.63. The molecule has 1 aliphatic carbocycles. The van der Waals surface area contributed by atoms with Crippen molar-refractivity contribution in [1.29, 1.82) is 0 Å². The number of morpholine rings is 1. The Morgan fingerprint density at radius 3 is 3.13 bits per heavy atom. The Morgan fingerprint density at radius 1 is 1.48 bits per heavy atom. The summed E-state index contributed by atoms with van der Waals surface area (Å²) in [6.45, 7) is 5.33. The number of fused-ring (bicyclic) bond motifs is 1. The van der Waals surface area contributed by atoms with Crippen LogP contribution in [0, 0.1) is 0 Å². The van der Waals surface area contributed by atoms with Crippen LogP contribution in [0.3, 0.4) is 0 Å². The van der Waals surface area contributed by atoms with Gasteiger partial charge in [0.15, 0.2) is 0 Å². The smallest absolute Gasteiger partial charge is 0.250 e. The molecule has 1 aromatic carbocycles. The SMILES string of the molecule is CCN1CCOC(C(=O)NCC2(O)CCCc3ccccc32)C1. The maximum absolute atomic E-state index is 12.4. The van der Waals surface area contributed by atoms with Crippen molar-refractivity contribution in [3.8, 4) is 0 Å². The summed E-state index contributed by atoms with van der Waals surface area (Å²) in [7, 11) is 0. The van der Waals surface area contributed by atoms with Crippen LogP contribution in [0.25, 0.3) is 0 Å². The summed E-state index contributed by atoms with van der Waals surface area (Å²) in [5.74, 6) is -0.125. The molecule has 0 aromatic heterocycles. The lowest BCUT2D eigenvalue weighted by Crippen LogP contribution is -2.52. The van der Waals surface area contributed by atoms with E-state index in [-0.39, 0.29) is 12.5 Å². The molecule has 1 amide bonds. The number of aliphatic hydroxyl groups is 1. The van der Waals surface area contributed by atoms with Gasteiger partial charge in [0.25, 0.3) is 5.91 Å². The molecule has 0 bridgehead atoms. The number of carbonyl (C=O) groups is 1. The molecule has 5 heteroatoms. The second-order valence-electron chi connectivity index (χ2n) is 6.51. The van der Waals surface area contributed by atoms with Gasteiger partial charge in [-0.1, -0.05) is 31.2 Å². The summed E-state index contributed by atoms with van der Waals surface area (Å²) in [5, 5.41) is 13.9. The third-order valence-corrected chi connectivity index (χ3v) is 5.00. The molecular weight excluding hydrogens is 292 g/mol. The van der Waals surface area contributed by atoms with Gasteiger partial charge >= 0.3 is 0 Å². The molecule has 0 radical (unpaired) electrons. The third-order valence-electron chi connectivity index (χ3n) is 5.00. The molecule has 1 saturated heterocycles. The lowest BCUT2D eigenvalue weighted by molar-refractivity contribution is -0.139. The molecule has 2 aliphatic rings. The molecule has 0 saturated carbocycles. The number of amides is 1. The molecule has 1 heterocycles. The predicted octanol–water partition coefficient (Wildman–Crippen LogP) is 1.05. The zero-order valence-electron chi connectivity index (χ0n) is 13.8. The molecule has 23 heavy (non-hydrogen) atoms. The van der Waals surface area contributed by atoms with E-state index < -0.39 is 11.7 Å². The van der Waals surface area contributed by atoms with Gasteiger partial charge in [-0.3, -0.25) is 9.69 Å². The first-order chi connectivity index (χ1) is 11.1. The van der Waals surface area contributed by atoms with Crippen molar-refractivity contribution in [2.24, 2.45) is 0 Å². The molecule has 2 N–H and O–H groups in total. The van der Waals surface area contributed by atoms with E-state index in [1.807, 2.05) is 18.2 Å². The van der Waals surface area contributed by atoms with E-state index in [1.165, 1.54) is 5.56 Å². The standard InChI is InChI=1S/C18H26N2O3/c1-2-20-10-11-23-16(12-20)17(21)19-13-18(22)9-5-7-14-6-3-4-8-15(14)18/h3-4,6,8,16,22H,2,5,7,9-13H2,1H3,(H,19,21). The average Bonchev–Trinajstić information content (AvgIpc) is 2.60. The van der Waals surface area contributed by atoms with Gasteiger partial charge in [-0.05, 0) is 36.9 Å². The van der Waals surface area contributed by atoms with Gasteiger partial charge in [-0.15, -0.1) is 0 Å². The topological polar surface area (TPSA) is 61.8 Å². The van der Waals surface area contributed by atoms with E-state index >= 15 is 0 Å². The van der Waals surface area contributed by atoms with Crippen molar-refractivity contribution in [3.63, 3.8) is 0 Å². The highest BCUT2D eigenvalue weighted by Gasteiger charge is 2.35. The van der Waals surface area contributed by atoms with Crippen LogP contribution >= 0.6 is 0 Å². The number of hydrogen-bond acceptors (Lipinski definition) is 4. The number of carbonyl (C=O) groups excluding carboxylic acids is 1. The van der Waals surface area contributed by atoms with Gasteiger partial charge in [-0.2, -0.15) is 0 Å². The van der Waals surface area contributed by atoms with Gasteiger partial charge < -0.3 is 15.2 Å². The predicted molar refractivity (Wildman–Crippen MR) is 88.1 cm³/mol. The molecule has 0 spiro atoms. The molecule has 2 unspecified atom stereocenters. The maximum Gasteiger partial charge on any atom is 0.250 e. The van der Waals surface area contributed by atoms with Crippen molar-refractivity contribution in [2.45, 2.75) is 37.9 Å². The summed E-state index contributed by atoms with van der Waals surface area (Å²) in [6, 6.07) is 7.97. The van der Waals surface area contributed by atoms with Gasteiger partial charge in [0.05, 0.1) is 13.2 Å². The summed E-state index contributed by atoms with van der Waals surface area (Å²) < 4.78 is 5.58. The molecule has 2 atom stereocenters. The van der Waals surface area contributed by atoms with Crippen molar-refractivity contribution >= 4 is 5.91 Å². The first-order valence-corrected chi connectivity index (χ1v) is 8.55. The van der Waals surface area contributed by atoms with E-state index in [1.54, 1.807) is 0 Å². The lowest BCUT2D eigenvalue weighted by atomic mass is 9.79. The molecule has 3 rings (SSSR count). The molecule has 1 aromatic rings. The molecule has 126 valence electrons. The maximum atomic E-state index is 12.4. The minimum absolute atomic E-state index is 0.125. The van der Waals surface area contributed by atoms with Crippen LogP contribution in [0.4, 0.5) is 0 Å². The normalized spacial score (nSPS) is 28.2. The quantitative estimate of drug-likeness (QED) is 0.871. The fraction of sp³-hybridized carbons (Fsp3) is 0.611. The number of nitrogens with one attached hydrogen (secondary N) is 1. The van der Waals surface area contributed by atoms with Crippen LogP contribution in [0.2, 0.25) is 0 Å². The highest BCUT2D eigenvalue weighted by molar-refractivity contribution is 5.81. The van der Waals surface area contributed by atoms with Gasteiger partial charge in [0.1, 0.15) is 11.7 Å². The highest BCUT2D eigenvalue weighted by atomic mass is 16.5. The number of nitrogens with zero attached hydrogens (tertiary/aromatic N) is 1. The zero-order chi connectivity index (χ0) is 16.3. The van der Waals surface area contributed by atoms with Crippen LogP contribution in [0.5, 0.6) is 0 Å². The number of hydrogen-bond donors (Lipinski definition) is 2. The third kappa shape index (κ3) is 3.57. The van der Waals surface area contributed by atoms with Gasteiger partial charge in [-0.25, -0.2) is 0 Å². The Bertz CT molecular complexity index is 563. The second-order valence-corrected chi connectivity index (χ2v) is 6.51. The number of likely N-dealkylation sites (N-methyl/N-ethyl adjacent to an activating group) is 1. The Labute approximate surface area is 137 Å². The van der Waals surface area contributed by atoms with E-state index in [0.717, 1.165) is 31.5 Å². The van der Waals surface area contributed by atoms with Crippen molar-refractivity contribution < 1.29 is 14.6 Å². The largest absolute Gasteiger partial charge is 0.383 e. The summed E-state index contributed by atoms with van der Waals surface area (Å²) in [5.41, 5.74) is 1.16. The van der Waals surface area contributed by atoms with Crippen LogP contribution in [0.1, 0.15) is 30.9 Å². The highest BCUT2D eigenvalue weighted by Crippen LogP contribution is 2.34. The minimum atomic E-state index is -0.969. The molecule has 5 nitrogen and oxygen atoms in total. The van der Waals surface area contributed by atoms with Crippen LogP contribution < -0.4 is 5.32 Å². The monoisotopic (exact) mass is 318 g/mol. The van der Waals surface area contributed by atoms with Crippen LogP contribution in [0.15, 0.2) is 24.3 Å². The number of aryl methyl sites for hydroxylation is 1. The summed E-state index contributed by atoms with van der Waals surface area (Å²) >= 11 is 0. The van der Waals surface area contributed by atoms with Gasteiger partial charge in [0, 0.05) is 13.1 Å². The Kier molecular flexibility index (Phi) is 4.99. The van der Waals surface area contributed by atoms with Crippen molar-refractivity contribution in [3.05, 3.63) is 35.4 Å². The number of rotatable bonds is 4. The minimum Gasteiger partial charge on any atom is -0.383 e. The van der Waals surface area contributed by atoms with Crippen LogP contribution in [-0.4, -0.2) is 54.8 Å². The Morgan fingerprint density at radius 2 is 2.30 bits per heavy atom. The van der Waals surface area contributed by atoms with E-state index in [0.29, 0.717) is 19.6 Å². The first kappa shape index (κ1) is 16.4. The number of ether oxygens (including phenoxy) is 1. The molecular formula is C18H26N2O3. The molecule has 1 fully saturated rings. The second kappa shape index (κ2) is 6.99. The zero-order valence-corrected chi connectivity index (χ0v) is 13.8. The summed E-state index contributed by atoms with van der Waals surface area (Å²) in [4.78, 5) is 14.6. The first-order valence-electron chi connectivity index (χ1n) is 8.55. The fourth-order valence-corrected chi connectivity index (χ4v) is 3.58. The molecule has 1 aliphatic heterocycles. The number of benzene rings is 1. The van der Waals surface area contributed by atoms with Crippen LogP contribution in [-0.2, 0) is 21.6 Å². The fourth-order valence-electron chi connectivity index (χ4n) is 3.58. The Hall–Kier alpha value is -1.43. The van der Waals surface area contributed by atoms with E-state index in [2.05, 4.69) is 23.2 Å². The van der Waals surface area contributed by atoms with E-state index in [4.69, 9.17) is 4.74 Å². The van der Waals surface area contributed by atoms with Crippen molar-refractivity contribution in [2.75, 3.05) is 32.8 Å². The van der Waals surface area contributed by atoms with E-state index in [9.17, 15) is 9.90 Å².